The summed E-state index contributed by atoms with van der Waals surface area (Å²) in [5, 5.41) is 0. The van der Waals surface area contributed by atoms with Crippen LogP contribution in [-0.2, 0) is 6.54 Å². The van der Waals surface area contributed by atoms with Crippen LogP contribution in [0.5, 0.6) is 0 Å². The van der Waals surface area contributed by atoms with E-state index in [1.165, 1.54) is 5.56 Å². The van der Waals surface area contributed by atoms with Crippen LogP contribution < -0.4 is 5.73 Å². The summed E-state index contributed by atoms with van der Waals surface area (Å²) in [4.78, 5) is 0. The van der Waals surface area contributed by atoms with Gasteiger partial charge >= 0.3 is 34.4 Å². The summed E-state index contributed by atoms with van der Waals surface area (Å²) in [7, 11) is -10.7. The zero-order chi connectivity index (χ0) is 12.2. The second kappa shape index (κ2) is 3.64. The van der Waals surface area contributed by atoms with Gasteiger partial charge in [-0.3, -0.25) is 0 Å². The Bertz CT molecular complexity index is 297. The van der Waals surface area contributed by atoms with Gasteiger partial charge in [0.15, 0.2) is 0 Å². The van der Waals surface area contributed by atoms with Crippen molar-refractivity contribution in [1.82, 2.24) is 0 Å². The molecule has 0 aliphatic heterocycles. The van der Waals surface area contributed by atoms with Crippen molar-refractivity contribution in [3.8, 4) is 0 Å². The minimum atomic E-state index is -10.7. The number of hydrogen-bond donors (Lipinski definition) is 1. The second-order valence-corrected chi connectivity index (χ2v) is 4.56. The fourth-order valence-electron chi connectivity index (χ4n) is 0.614. The first kappa shape index (κ1) is 14.2. The summed E-state index contributed by atoms with van der Waals surface area (Å²) in [5.41, 5.74) is 6.54. The van der Waals surface area contributed by atoms with Crippen LogP contribution in [0, 0.1) is 0 Å². The molecule has 8 heteroatoms. The Hall–Kier alpha value is -0.810. The summed E-state index contributed by atoms with van der Waals surface area (Å²) < 4.78 is 59.2. The van der Waals surface area contributed by atoms with Gasteiger partial charge in [0.1, 0.15) is 0 Å². The smallest absolute Gasteiger partial charge is 0.326 e. The van der Waals surface area contributed by atoms with E-state index in [1.54, 1.807) is 0 Å². The van der Waals surface area contributed by atoms with Gasteiger partial charge in [0.25, 0.3) is 0 Å². The average Bonchev–Trinajstić information content (AvgIpc) is 2.00. The molecule has 0 saturated heterocycles. The van der Waals surface area contributed by atoms with Gasteiger partial charge < -0.3 is 5.73 Å². The number of nitrogens with two attached hydrogens (primary N) is 1. The minimum absolute atomic E-state index is 0. The molecule has 0 unspecified atom stereocenters. The molecule has 0 bridgehead atoms. The Morgan fingerprint density at radius 3 is 1.47 bits per heavy atom. The van der Waals surface area contributed by atoms with Crippen LogP contribution in [0.1, 0.15) is 6.99 Å². The fraction of sp³-hybridized carbons (Fsp3) is 0.143. The van der Waals surface area contributed by atoms with Gasteiger partial charge in [-0.15, -0.1) is 0 Å². The van der Waals surface area contributed by atoms with Crippen LogP contribution in [0.4, 0.5) is 25.2 Å². The Kier molecular flexibility index (Phi) is 3.45. The van der Waals surface area contributed by atoms with E-state index < -0.39 is 7.81 Å². The minimum Gasteiger partial charge on any atom is -0.326 e. The van der Waals surface area contributed by atoms with Crippen molar-refractivity contribution in [2.75, 3.05) is 0 Å². The van der Waals surface area contributed by atoms with Crippen LogP contribution in [0.25, 0.3) is 0 Å². The van der Waals surface area contributed by atoms with Crippen LogP contribution >= 0.6 is 7.81 Å². The Labute approximate surface area is 83.6 Å². The van der Waals surface area contributed by atoms with Crippen molar-refractivity contribution >= 4 is 7.81 Å². The van der Waals surface area contributed by atoms with Gasteiger partial charge in [-0.05, 0) is 5.56 Å². The molecule has 0 aliphatic rings. The summed E-state index contributed by atoms with van der Waals surface area (Å²) >= 11 is 0. The third-order valence-corrected chi connectivity index (χ3v) is 1.08. The van der Waals surface area contributed by atoms with E-state index in [0.29, 0.717) is 6.54 Å². The molecule has 0 saturated carbocycles. The van der Waals surface area contributed by atoms with E-state index in [9.17, 15) is 25.2 Å². The SMILES string of the molecule is F[P-](F)(F)(F)(F)F.NCc1ccccc1.[H+]. The monoisotopic (exact) mass is 253 g/mol. The van der Waals surface area contributed by atoms with E-state index in [4.69, 9.17) is 5.73 Å². The van der Waals surface area contributed by atoms with Crippen LogP contribution in [0.2, 0.25) is 0 Å². The largest absolute Gasteiger partial charge is 1.00 e. The summed E-state index contributed by atoms with van der Waals surface area (Å²) in [6.07, 6.45) is 0. The molecule has 0 fully saturated rings. The van der Waals surface area contributed by atoms with Crippen molar-refractivity contribution in [1.29, 1.82) is 0 Å². The number of rotatable bonds is 1. The first-order chi connectivity index (χ1) is 6.38. The Balaban J connectivity index is 0. The molecule has 0 atom stereocenters. The van der Waals surface area contributed by atoms with E-state index in [0.717, 1.165) is 0 Å². The third-order valence-electron chi connectivity index (χ3n) is 1.08. The Morgan fingerprint density at radius 2 is 1.27 bits per heavy atom. The molecule has 0 amide bonds. The zero-order valence-corrected chi connectivity index (χ0v) is 8.28. The van der Waals surface area contributed by atoms with Gasteiger partial charge in [-0.25, -0.2) is 0 Å². The molecule has 0 aromatic heterocycles. The molecule has 1 aromatic carbocycles. The normalized spacial score (nSPS) is 15.7. The maximum absolute atomic E-state index is 10.7. The molecular formula is C7H10F6NP. The first-order valence-corrected chi connectivity index (χ1v) is 5.72. The van der Waals surface area contributed by atoms with Gasteiger partial charge in [-0.2, -0.15) is 0 Å². The Morgan fingerprint density at radius 1 is 0.933 bits per heavy atom. The molecule has 15 heavy (non-hydrogen) atoms. The summed E-state index contributed by atoms with van der Waals surface area (Å²) in [6, 6.07) is 9.99. The van der Waals surface area contributed by atoms with Crippen molar-refractivity contribution in [2.24, 2.45) is 5.73 Å². The van der Waals surface area contributed by atoms with Crippen LogP contribution in [-0.4, -0.2) is 0 Å². The van der Waals surface area contributed by atoms with Crippen molar-refractivity contribution in [3.05, 3.63) is 35.9 Å². The number of benzene rings is 1. The summed E-state index contributed by atoms with van der Waals surface area (Å²) in [6.45, 7) is 0.640. The molecule has 2 N–H and O–H groups in total. The molecule has 0 spiro atoms. The molecule has 1 rings (SSSR count). The van der Waals surface area contributed by atoms with Gasteiger partial charge in [0, 0.05) is 6.54 Å². The van der Waals surface area contributed by atoms with Crippen LogP contribution in [0.15, 0.2) is 30.3 Å². The predicted octanol–water partition coefficient (Wildman–Crippen LogP) is 4.64. The topological polar surface area (TPSA) is 26.0 Å². The molecule has 0 heterocycles. The average molecular weight is 253 g/mol. The van der Waals surface area contributed by atoms with E-state index in [-0.39, 0.29) is 1.43 Å². The number of halogens is 6. The zero-order valence-electron chi connectivity index (χ0n) is 8.39. The molecule has 1 nitrogen and oxygen atoms in total. The van der Waals surface area contributed by atoms with Crippen molar-refractivity contribution < 1.29 is 26.6 Å². The molecular weight excluding hydrogens is 243 g/mol. The quantitative estimate of drug-likeness (QED) is 0.572. The molecule has 0 aliphatic carbocycles. The van der Waals surface area contributed by atoms with Crippen LogP contribution in [0.3, 0.4) is 0 Å². The van der Waals surface area contributed by atoms with Crippen molar-refractivity contribution in [3.63, 3.8) is 0 Å². The maximum Gasteiger partial charge on any atom is 1.00 e. The molecule has 0 radical (unpaired) electrons. The molecule has 90 valence electrons. The first-order valence-electron chi connectivity index (χ1n) is 3.69. The van der Waals surface area contributed by atoms with Gasteiger partial charge in [0.05, 0.1) is 0 Å². The predicted molar refractivity (Wildman–Crippen MR) is 49.0 cm³/mol. The summed E-state index contributed by atoms with van der Waals surface area (Å²) in [5.74, 6) is 0. The van der Waals surface area contributed by atoms with E-state index >= 15 is 0 Å². The van der Waals surface area contributed by atoms with Gasteiger partial charge in [0.2, 0.25) is 0 Å². The third kappa shape index (κ3) is 19.6. The van der Waals surface area contributed by atoms with E-state index in [1.807, 2.05) is 30.3 Å². The standard InChI is InChI=1S/C7H9N.F6P/c8-6-7-4-2-1-3-5-7;1-7(2,3,4,5)6/h1-5H,6,8H2;/q;-1/p+1. The van der Waals surface area contributed by atoms with Crippen molar-refractivity contribution in [2.45, 2.75) is 6.54 Å². The second-order valence-electron chi connectivity index (χ2n) is 2.65. The maximum atomic E-state index is 9.87. The van der Waals surface area contributed by atoms with E-state index in [2.05, 4.69) is 0 Å². The molecule has 1 aromatic rings. The number of hydrogen-bond acceptors (Lipinski definition) is 1. The fourth-order valence-corrected chi connectivity index (χ4v) is 0.614. The van der Waals surface area contributed by atoms with Gasteiger partial charge in [-0.1, -0.05) is 30.3 Å².